The number of halogens is 4. The van der Waals surface area contributed by atoms with Crippen LogP contribution in [-0.2, 0) is 21.1 Å². The maximum absolute atomic E-state index is 13.0. The van der Waals surface area contributed by atoms with E-state index in [0.29, 0.717) is 0 Å². The summed E-state index contributed by atoms with van der Waals surface area (Å²) in [5.41, 5.74) is -1.89. The Labute approximate surface area is 162 Å². The SMILES string of the molecule is CC(C)(C(=O)Nc1ccc(C(F)(F)F)cc1P(C)(C)=O)n1cc(I)cn1. The van der Waals surface area contributed by atoms with Crippen LogP contribution >= 0.6 is 29.7 Å². The summed E-state index contributed by atoms with van der Waals surface area (Å²) in [5.74, 6) is -0.480. The molecule has 0 aliphatic rings. The highest BCUT2D eigenvalue weighted by atomic mass is 127. The zero-order chi connectivity index (χ0) is 19.9. The molecule has 0 atom stereocenters. The molecule has 1 aromatic heterocycles. The van der Waals surface area contributed by atoms with Gasteiger partial charge < -0.3 is 9.88 Å². The fraction of sp³-hybridized carbons (Fsp3) is 0.375. The fourth-order valence-corrected chi connectivity index (χ4v) is 3.79. The van der Waals surface area contributed by atoms with Gasteiger partial charge in [-0.2, -0.15) is 18.3 Å². The lowest BCUT2D eigenvalue weighted by atomic mass is 10.0. The highest BCUT2D eigenvalue weighted by Crippen LogP contribution is 2.40. The predicted octanol–water partition coefficient (Wildman–Crippen LogP) is 4.13. The van der Waals surface area contributed by atoms with Gasteiger partial charge in [0.1, 0.15) is 12.7 Å². The Hall–Kier alpha value is -1.35. The standard InChI is InChI=1S/C16H18F3IN3O2P/c1-15(2,23-9-11(20)8-21-23)14(24)22-12-6-5-10(16(17,18)19)7-13(12)26(3,4)25/h5-9H,1-4H3,(H,22,24). The Balaban J connectivity index is 2.42. The lowest BCUT2D eigenvalue weighted by molar-refractivity contribution is -0.137. The van der Waals surface area contributed by atoms with E-state index >= 15 is 0 Å². The van der Waals surface area contributed by atoms with Crippen LogP contribution in [0, 0.1) is 3.57 Å². The third-order valence-corrected chi connectivity index (χ3v) is 5.92. The molecule has 0 unspecified atom stereocenters. The van der Waals surface area contributed by atoms with Gasteiger partial charge in [0, 0.05) is 11.5 Å². The van der Waals surface area contributed by atoms with Gasteiger partial charge in [0.2, 0.25) is 0 Å². The van der Waals surface area contributed by atoms with Gasteiger partial charge in [-0.1, -0.05) is 0 Å². The molecule has 2 rings (SSSR count). The topological polar surface area (TPSA) is 64.0 Å². The first kappa shape index (κ1) is 21.0. The monoisotopic (exact) mass is 499 g/mol. The van der Waals surface area contributed by atoms with E-state index in [1.807, 2.05) is 0 Å². The number of carbonyl (C=O) groups excluding carboxylic acids is 1. The van der Waals surface area contributed by atoms with E-state index in [1.54, 1.807) is 26.2 Å². The van der Waals surface area contributed by atoms with Gasteiger partial charge >= 0.3 is 6.18 Å². The van der Waals surface area contributed by atoms with Crippen LogP contribution in [0.3, 0.4) is 0 Å². The van der Waals surface area contributed by atoms with E-state index in [4.69, 9.17) is 0 Å². The molecule has 0 fully saturated rings. The van der Waals surface area contributed by atoms with E-state index in [1.165, 1.54) is 18.0 Å². The number of hydrogen-bond acceptors (Lipinski definition) is 3. The maximum Gasteiger partial charge on any atom is 0.416 e. The smallest absolute Gasteiger partial charge is 0.323 e. The number of alkyl halides is 3. The Kier molecular flexibility index (Phi) is 5.64. The number of carbonyl (C=O) groups is 1. The molecule has 1 amide bonds. The Bertz CT molecular complexity index is 887. The van der Waals surface area contributed by atoms with Crippen molar-refractivity contribution < 1.29 is 22.5 Å². The molecule has 0 radical (unpaired) electrons. The van der Waals surface area contributed by atoms with Crippen molar-refractivity contribution in [3.63, 3.8) is 0 Å². The second kappa shape index (κ2) is 6.99. The number of benzene rings is 1. The lowest BCUT2D eigenvalue weighted by Gasteiger charge is -2.25. The minimum Gasteiger partial charge on any atom is -0.323 e. The van der Waals surface area contributed by atoms with Crippen molar-refractivity contribution in [1.82, 2.24) is 9.78 Å². The van der Waals surface area contributed by atoms with E-state index in [-0.39, 0.29) is 11.0 Å². The second-order valence-corrected chi connectivity index (χ2v) is 11.1. The van der Waals surface area contributed by atoms with E-state index in [2.05, 4.69) is 33.0 Å². The molecule has 142 valence electrons. The molecule has 0 saturated heterocycles. The van der Waals surface area contributed by atoms with Crippen LogP contribution < -0.4 is 10.6 Å². The molecule has 0 bridgehead atoms. The number of aromatic nitrogens is 2. The third kappa shape index (κ3) is 4.49. The van der Waals surface area contributed by atoms with Crippen LogP contribution in [0.4, 0.5) is 18.9 Å². The average Bonchev–Trinajstić information content (AvgIpc) is 2.92. The fourth-order valence-electron chi connectivity index (χ4n) is 2.25. The first-order chi connectivity index (χ1) is 11.7. The third-order valence-electron chi connectivity index (χ3n) is 3.83. The van der Waals surface area contributed by atoms with Crippen molar-refractivity contribution in [1.29, 1.82) is 0 Å². The normalized spacial score (nSPS) is 12.9. The largest absolute Gasteiger partial charge is 0.416 e. The van der Waals surface area contributed by atoms with Gasteiger partial charge in [0.05, 0.1) is 21.0 Å². The summed E-state index contributed by atoms with van der Waals surface area (Å²) in [6, 6.07) is 2.83. The van der Waals surface area contributed by atoms with Crippen molar-refractivity contribution >= 4 is 46.6 Å². The summed E-state index contributed by atoms with van der Waals surface area (Å²) in [7, 11) is -3.07. The van der Waals surface area contributed by atoms with Crippen LogP contribution in [0.1, 0.15) is 19.4 Å². The molecule has 1 heterocycles. The summed E-state index contributed by atoms with van der Waals surface area (Å²) < 4.78 is 53.7. The van der Waals surface area contributed by atoms with Gasteiger partial charge in [-0.15, -0.1) is 0 Å². The molecule has 26 heavy (non-hydrogen) atoms. The van der Waals surface area contributed by atoms with Crippen molar-refractivity contribution in [3.05, 3.63) is 39.7 Å². The zero-order valence-electron chi connectivity index (χ0n) is 14.6. The van der Waals surface area contributed by atoms with Crippen LogP contribution in [-0.4, -0.2) is 29.0 Å². The van der Waals surface area contributed by atoms with Crippen LogP contribution in [0.2, 0.25) is 0 Å². The maximum atomic E-state index is 13.0. The number of anilines is 1. The zero-order valence-corrected chi connectivity index (χ0v) is 17.6. The molecule has 10 heteroatoms. The number of amides is 1. The van der Waals surface area contributed by atoms with Gasteiger partial charge in [-0.25, -0.2) is 0 Å². The summed E-state index contributed by atoms with van der Waals surface area (Å²) in [4.78, 5) is 12.7. The molecule has 1 aromatic carbocycles. The molecule has 5 nitrogen and oxygen atoms in total. The molecule has 0 spiro atoms. The number of hydrogen-bond donors (Lipinski definition) is 1. The Morgan fingerprint density at radius 3 is 2.35 bits per heavy atom. The van der Waals surface area contributed by atoms with Crippen molar-refractivity contribution in [2.75, 3.05) is 18.6 Å². The van der Waals surface area contributed by atoms with Crippen LogP contribution in [0.15, 0.2) is 30.6 Å². The summed E-state index contributed by atoms with van der Waals surface area (Å²) >= 11 is 2.06. The Morgan fingerprint density at radius 1 is 1.27 bits per heavy atom. The molecular weight excluding hydrogens is 481 g/mol. The molecule has 1 N–H and O–H groups in total. The summed E-state index contributed by atoms with van der Waals surface area (Å²) in [6.45, 7) is 5.98. The predicted molar refractivity (Wildman–Crippen MR) is 103 cm³/mol. The van der Waals surface area contributed by atoms with Gasteiger partial charge in [-0.05, 0) is 68.0 Å². The van der Waals surface area contributed by atoms with Crippen molar-refractivity contribution in [2.45, 2.75) is 25.6 Å². The average molecular weight is 499 g/mol. The highest BCUT2D eigenvalue weighted by molar-refractivity contribution is 14.1. The summed E-state index contributed by atoms with van der Waals surface area (Å²) in [6.07, 6.45) is -1.29. The second-order valence-electron chi connectivity index (χ2n) is 6.70. The van der Waals surface area contributed by atoms with E-state index in [9.17, 15) is 22.5 Å². The lowest BCUT2D eigenvalue weighted by Crippen LogP contribution is -2.41. The van der Waals surface area contributed by atoms with Crippen molar-refractivity contribution in [2.24, 2.45) is 0 Å². The molecular formula is C16H18F3IN3O2P. The first-order valence-corrected chi connectivity index (χ1v) is 11.2. The number of rotatable bonds is 4. The summed E-state index contributed by atoms with van der Waals surface area (Å²) in [5, 5.41) is 6.69. The Morgan fingerprint density at radius 2 is 1.88 bits per heavy atom. The molecule has 0 aliphatic carbocycles. The highest BCUT2D eigenvalue weighted by Gasteiger charge is 2.34. The minimum atomic E-state index is -4.56. The van der Waals surface area contributed by atoms with E-state index < -0.39 is 30.3 Å². The number of nitrogens with one attached hydrogen (secondary N) is 1. The molecule has 0 saturated carbocycles. The van der Waals surface area contributed by atoms with Crippen LogP contribution in [0.25, 0.3) is 0 Å². The quantitative estimate of drug-likeness (QED) is 0.509. The molecule has 0 aliphatic heterocycles. The first-order valence-electron chi connectivity index (χ1n) is 7.52. The van der Waals surface area contributed by atoms with Gasteiger partial charge in [-0.3, -0.25) is 9.48 Å². The number of nitrogens with zero attached hydrogens (tertiary/aromatic N) is 2. The molecule has 2 aromatic rings. The van der Waals surface area contributed by atoms with Gasteiger partial charge in [0.15, 0.2) is 0 Å². The van der Waals surface area contributed by atoms with E-state index in [0.717, 1.165) is 21.8 Å². The van der Waals surface area contributed by atoms with Crippen molar-refractivity contribution in [3.8, 4) is 0 Å². The van der Waals surface area contributed by atoms with Crippen LogP contribution in [0.5, 0.6) is 0 Å². The van der Waals surface area contributed by atoms with Gasteiger partial charge in [0.25, 0.3) is 5.91 Å². The minimum absolute atomic E-state index is 0.0217.